The van der Waals surface area contributed by atoms with Gasteiger partial charge in [-0.1, -0.05) is 23.7 Å². The molecule has 0 aliphatic rings. The van der Waals surface area contributed by atoms with Crippen LogP contribution in [0.2, 0.25) is 5.02 Å². The third kappa shape index (κ3) is 4.90. The van der Waals surface area contributed by atoms with Gasteiger partial charge in [-0.2, -0.15) is 4.98 Å². The number of rotatable bonds is 7. The number of carboxylic acid groups (broad SMARTS) is 1. The Bertz CT molecular complexity index is 905. The first-order chi connectivity index (χ1) is 12.6. The minimum Gasteiger partial charge on any atom is -0.480 e. The fourth-order valence-electron chi connectivity index (χ4n) is 2.27. The summed E-state index contributed by atoms with van der Waals surface area (Å²) < 4.78 is 0. The fraction of sp³-hybridized carbons (Fsp3) is 0.111. The molecule has 0 radical (unpaired) electrons. The monoisotopic (exact) mass is 369 g/mol. The lowest BCUT2D eigenvalue weighted by Crippen LogP contribution is -2.15. The molecule has 0 bridgehead atoms. The van der Waals surface area contributed by atoms with Gasteiger partial charge in [0.25, 0.3) is 0 Å². The Labute approximate surface area is 155 Å². The number of anilines is 2. The van der Waals surface area contributed by atoms with Crippen LogP contribution in [0.15, 0.2) is 54.9 Å². The molecule has 0 aliphatic carbocycles. The normalized spacial score (nSPS) is 10.3. The van der Waals surface area contributed by atoms with Crippen molar-refractivity contribution >= 4 is 29.3 Å². The number of nitrogens with one attached hydrogen (secondary N) is 2. The van der Waals surface area contributed by atoms with E-state index in [4.69, 9.17) is 16.7 Å². The molecular formula is C18H16ClN5O2. The molecule has 0 fully saturated rings. The van der Waals surface area contributed by atoms with Gasteiger partial charge < -0.3 is 15.7 Å². The highest BCUT2D eigenvalue weighted by Crippen LogP contribution is 2.21. The minimum atomic E-state index is -0.992. The Hall–Kier alpha value is -3.19. The highest BCUT2D eigenvalue weighted by molar-refractivity contribution is 6.30. The summed E-state index contributed by atoms with van der Waals surface area (Å²) in [7, 11) is 0. The molecular weight excluding hydrogens is 354 g/mol. The third-order valence-corrected chi connectivity index (χ3v) is 3.68. The van der Waals surface area contributed by atoms with Crippen molar-refractivity contribution in [2.45, 2.75) is 6.54 Å². The molecule has 3 N–H and O–H groups in total. The van der Waals surface area contributed by atoms with E-state index in [-0.39, 0.29) is 12.5 Å². The predicted molar refractivity (Wildman–Crippen MR) is 100 cm³/mol. The summed E-state index contributed by atoms with van der Waals surface area (Å²) in [6.07, 6.45) is 3.36. The van der Waals surface area contributed by atoms with Crippen molar-refractivity contribution in [2.24, 2.45) is 0 Å². The molecule has 0 saturated carbocycles. The molecule has 8 heteroatoms. The number of aromatic nitrogens is 3. The molecule has 0 atom stereocenters. The second kappa shape index (κ2) is 8.26. The minimum absolute atomic E-state index is 0.224. The molecule has 0 amide bonds. The van der Waals surface area contributed by atoms with Crippen LogP contribution in [0.3, 0.4) is 0 Å². The lowest BCUT2D eigenvalue weighted by atomic mass is 10.2. The van der Waals surface area contributed by atoms with Crippen LogP contribution in [0, 0.1) is 0 Å². The molecule has 132 valence electrons. The summed E-state index contributed by atoms with van der Waals surface area (Å²) in [6, 6.07) is 13.0. The summed E-state index contributed by atoms with van der Waals surface area (Å²) in [5.74, 6) is -0.206. The molecule has 3 aromatic rings. The van der Waals surface area contributed by atoms with Crippen LogP contribution >= 0.6 is 11.6 Å². The molecule has 26 heavy (non-hydrogen) atoms. The first-order valence-electron chi connectivity index (χ1n) is 7.83. The van der Waals surface area contributed by atoms with Gasteiger partial charge in [0.05, 0.1) is 5.69 Å². The maximum absolute atomic E-state index is 10.8. The van der Waals surface area contributed by atoms with Crippen LogP contribution < -0.4 is 10.6 Å². The maximum atomic E-state index is 10.8. The van der Waals surface area contributed by atoms with Crippen molar-refractivity contribution in [3.8, 4) is 11.3 Å². The number of pyridine rings is 1. The lowest BCUT2D eigenvalue weighted by molar-refractivity contribution is -0.134. The van der Waals surface area contributed by atoms with Gasteiger partial charge in [0.2, 0.25) is 5.95 Å². The highest BCUT2D eigenvalue weighted by atomic mass is 35.5. The van der Waals surface area contributed by atoms with E-state index < -0.39 is 5.97 Å². The van der Waals surface area contributed by atoms with Crippen molar-refractivity contribution in [2.75, 3.05) is 17.2 Å². The Kier molecular flexibility index (Phi) is 5.60. The van der Waals surface area contributed by atoms with E-state index in [2.05, 4.69) is 25.6 Å². The average Bonchev–Trinajstić information content (AvgIpc) is 2.65. The first kappa shape index (κ1) is 17.6. The van der Waals surface area contributed by atoms with E-state index in [1.807, 2.05) is 30.3 Å². The number of carboxylic acids is 1. The number of benzene rings is 1. The van der Waals surface area contributed by atoms with Gasteiger partial charge in [-0.3, -0.25) is 9.78 Å². The fourth-order valence-corrected chi connectivity index (χ4v) is 2.49. The molecule has 0 unspecified atom stereocenters. The van der Waals surface area contributed by atoms with E-state index in [0.717, 1.165) is 11.1 Å². The van der Waals surface area contributed by atoms with E-state index >= 15 is 0 Å². The highest BCUT2D eigenvalue weighted by Gasteiger charge is 2.08. The number of halogens is 1. The maximum Gasteiger partial charge on any atom is 0.322 e. The van der Waals surface area contributed by atoms with E-state index in [0.29, 0.717) is 23.1 Å². The lowest BCUT2D eigenvalue weighted by Gasteiger charge is -2.11. The van der Waals surface area contributed by atoms with Crippen molar-refractivity contribution < 1.29 is 9.90 Å². The predicted octanol–water partition coefficient (Wildman–Crippen LogP) is 3.30. The molecule has 7 nitrogen and oxygen atoms in total. The number of carbonyl (C=O) groups is 1. The van der Waals surface area contributed by atoms with Crippen LogP contribution in [-0.4, -0.2) is 32.6 Å². The number of aliphatic carboxylic acids is 1. The Balaban J connectivity index is 1.85. The molecule has 0 saturated heterocycles. The second-order valence-corrected chi connectivity index (χ2v) is 5.87. The van der Waals surface area contributed by atoms with Gasteiger partial charge in [-0.05, 0) is 29.8 Å². The smallest absolute Gasteiger partial charge is 0.322 e. The molecule has 0 spiro atoms. The standard InChI is InChI=1S/C18H16ClN5O2/c19-14-5-1-3-12(7-14)9-21-16-8-15(13-4-2-6-20-10-13)23-18(24-16)22-11-17(25)26/h1-8,10H,9,11H2,(H,25,26)(H2,21,22,23,24). The van der Waals surface area contributed by atoms with Gasteiger partial charge in [-0.25, -0.2) is 4.98 Å². The topological polar surface area (TPSA) is 100 Å². The molecule has 3 rings (SSSR count). The van der Waals surface area contributed by atoms with Gasteiger partial charge in [0.15, 0.2) is 0 Å². The van der Waals surface area contributed by atoms with E-state index in [9.17, 15) is 4.79 Å². The summed E-state index contributed by atoms with van der Waals surface area (Å²) in [6.45, 7) is 0.243. The SMILES string of the molecule is O=C(O)CNc1nc(NCc2cccc(Cl)c2)cc(-c2cccnc2)n1. The van der Waals surface area contributed by atoms with Gasteiger partial charge in [0, 0.05) is 35.6 Å². The summed E-state index contributed by atoms with van der Waals surface area (Å²) in [5.41, 5.74) is 2.44. The first-order valence-corrected chi connectivity index (χ1v) is 8.21. The summed E-state index contributed by atoms with van der Waals surface area (Å²) in [5, 5.41) is 15.4. The van der Waals surface area contributed by atoms with Gasteiger partial charge in [-0.15, -0.1) is 0 Å². The zero-order valence-corrected chi connectivity index (χ0v) is 14.4. The van der Waals surface area contributed by atoms with Crippen molar-refractivity contribution in [3.05, 3.63) is 65.4 Å². The van der Waals surface area contributed by atoms with Gasteiger partial charge in [0.1, 0.15) is 12.4 Å². The van der Waals surface area contributed by atoms with Crippen LogP contribution in [0.4, 0.5) is 11.8 Å². The largest absolute Gasteiger partial charge is 0.480 e. The molecule has 2 heterocycles. The van der Waals surface area contributed by atoms with Crippen molar-refractivity contribution in [1.82, 2.24) is 15.0 Å². The molecule has 1 aromatic carbocycles. The van der Waals surface area contributed by atoms with Crippen LogP contribution in [0.1, 0.15) is 5.56 Å². The second-order valence-electron chi connectivity index (χ2n) is 5.43. The zero-order valence-electron chi connectivity index (χ0n) is 13.7. The number of nitrogens with zero attached hydrogens (tertiary/aromatic N) is 3. The molecule has 0 aliphatic heterocycles. The zero-order chi connectivity index (χ0) is 18.4. The number of hydrogen-bond acceptors (Lipinski definition) is 6. The average molecular weight is 370 g/mol. The van der Waals surface area contributed by atoms with Crippen LogP contribution in [-0.2, 0) is 11.3 Å². The molecule has 2 aromatic heterocycles. The number of hydrogen-bond donors (Lipinski definition) is 3. The Morgan fingerprint density at radius 2 is 2.00 bits per heavy atom. The van der Waals surface area contributed by atoms with E-state index in [1.54, 1.807) is 24.5 Å². The van der Waals surface area contributed by atoms with Crippen molar-refractivity contribution in [1.29, 1.82) is 0 Å². The Morgan fingerprint density at radius 3 is 2.73 bits per heavy atom. The summed E-state index contributed by atoms with van der Waals surface area (Å²) >= 11 is 6.00. The van der Waals surface area contributed by atoms with Gasteiger partial charge >= 0.3 is 5.97 Å². The van der Waals surface area contributed by atoms with Crippen molar-refractivity contribution in [3.63, 3.8) is 0 Å². The van der Waals surface area contributed by atoms with E-state index in [1.165, 1.54) is 0 Å². The van der Waals surface area contributed by atoms with Crippen LogP contribution in [0.5, 0.6) is 0 Å². The Morgan fingerprint density at radius 1 is 1.12 bits per heavy atom. The summed E-state index contributed by atoms with van der Waals surface area (Å²) in [4.78, 5) is 23.6. The third-order valence-electron chi connectivity index (χ3n) is 3.44. The quantitative estimate of drug-likeness (QED) is 0.587. The van der Waals surface area contributed by atoms with Crippen LogP contribution in [0.25, 0.3) is 11.3 Å².